The highest BCUT2D eigenvalue weighted by Crippen LogP contribution is 2.52. The van der Waals surface area contributed by atoms with E-state index < -0.39 is 13.5 Å². The molecule has 5 aromatic rings. The van der Waals surface area contributed by atoms with Crippen LogP contribution < -0.4 is 21.2 Å². The highest BCUT2D eigenvalue weighted by molar-refractivity contribution is 7.79. The van der Waals surface area contributed by atoms with Gasteiger partial charge < -0.3 is 4.74 Å². The van der Waals surface area contributed by atoms with Crippen LogP contribution in [0.2, 0.25) is 0 Å². The van der Waals surface area contributed by atoms with Crippen molar-refractivity contribution in [2.45, 2.75) is 44.1 Å². The van der Waals surface area contributed by atoms with Crippen LogP contribution in [0.4, 0.5) is 0 Å². The largest absolute Gasteiger partial charge is 0.341 e. The second-order valence-electron chi connectivity index (χ2n) is 11.9. The number of benzene rings is 5. The van der Waals surface area contributed by atoms with Crippen LogP contribution in [0.5, 0.6) is 0 Å². The number of hydrogen-bond donors (Lipinski definition) is 1. The maximum Gasteiger partial charge on any atom is 0.137 e. The Morgan fingerprint density at radius 2 is 1.12 bits per heavy atom. The van der Waals surface area contributed by atoms with E-state index in [2.05, 4.69) is 158 Å². The third-order valence-corrected chi connectivity index (χ3v) is 11.7. The van der Waals surface area contributed by atoms with Crippen LogP contribution in [-0.2, 0) is 10.3 Å². The molecule has 1 saturated heterocycles. The molecule has 1 aliphatic carbocycles. The third kappa shape index (κ3) is 5.03. The summed E-state index contributed by atoms with van der Waals surface area (Å²) in [4.78, 5) is 0. The van der Waals surface area contributed by atoms with Gasteiger partial charge in [0.2, 0.25) is 0 Å². The Kier molecular flexibility index (Phi) is 7.78. The Hall–Kier alpha value is -3.55. The maximum atomic E-state index is 7.53. The van der Waals surface area contributed by atoms with Crippen molar-refractivity contribution in [1.29, 1.82) is 0 Å². The monoisotopic (exact) mass is 567 g/mol. The SMILES string of the molecule is C[C@H]1CCC([C@@H]2N[C@H](c3ccccc3P(c3ccccc3)c3ccccc3)OC2(c2ccccc2)c2ccccc2)C1. The van der Waals surface area contributed by atoms with E-state index in [1.807, 2.05) is 0 Å². The lowest BCUT2D eigenvalue weighted by Gasteiger charge is -2.38. The summed E-state index contributed by atoms with van der Waals surface area (Å²) >= 11 is 0. The highest BCUT2D eigenvalue weighted by Gasteiger charge is 2.55. The molecule has 0 bridgehead atoms. The van der Waals surface area contributed by atoms with Gasteiger partial charge in [-0.2, -0.15) is 0 Å². The fourth-order valence-corrected chi connectivity index (χ4v) is 9.76. The van der Waals surface area contributed by atoms with Gasteiger partial charge in [0, 0.05) is 11.6 Å². The van der Waals surface area contributed by atoms with Crippen LogP contribution in [0.15, 0.2) is 146 Å². The van der Waals surface area contributed by atoms with E-state index in [0.717, 1.165) is 5.92 Å². The summed E-state index contributed by atoms with van der Waals surface area (Å²) < 4.78 is 7.53. The van der Waals surface area contributed by atoms with E-state index in [1.54, 1.807) is 0 Å². The van der Waals surface area contributed by atoms with Crippen molar-refractivity contribution in [2.75, 3.05) is 0 Å². The molecule has 210 valence electrons. The van der Waals surface area contributed by atoms with Crippen molar-refractivity contribution in [3.63, 3.8) is 0 Å². The second kappa shape index (κ2) is 12.0. The molecule has 2 fully saturated rings. The van der Waals surface area contributed by atoms with Gasteiger partial charge >= 0.3 is 0 Å². The van der Waals surface area contributed by atoms with E-state index in [0.29, 0.717) is 5.92 Å². The van der Waals surface area contributed by atoms with E-state index in [1.165, 1.54) is 51.9 Å². The lowest BCUT2D eigenvalue weighted by atomic mass is 9.75. The van der Waals surface area contributed by atoms with E-state index in [9.17, 15) is 0 Å². The summed E-state index contributed by atoms with van der Waals surface area (Å²) in [5.74, 6) is 1.26. The van der Waals surface area contributed by atoms with Crippen LogP contribution in [0.3, 0.4) is 0 Å². The van der Waals surface area contributed by atoms with Gasteiger partial charge in [0.05, 0.1) is 0 Å². The van der Waals surface area contributed by atoms with E-state index in [4.69, 9.17) is 4.74 Å². The molecule has 0 radical (unpaired) electrons. The van der Waals surface area contributed by atoms with E-state index in [-0.39, 0.29) is 12.3 Å². The first-order valence-electron chi connectivity index (χ1n) is 15.3. The van der Waals surface area contributed by atoms with Crippen LogP contribution >= 0.6 is 7.92 Å². The molecule has 0 aromatic heterocycles. The molecule has 3 heteroatoms. The quantitative estimate of drug-likeness (QED) is 0.203. The average molecular weight is 568 g/mol. The minimum atomic E-state index is -0.774. The first-order valence-corrected chi connectivity index (χ1v) is 16.6. The number of hydrogen-bond acceptors (Lipinski definition) is 2. The molecule has 1 N–H and O–H groups in total. The average Bonchev–Trinajstić information content (AvgIpc) is 3.68. The Labute approximate surface area is 251 Å². The van der Waals surface area contributed by atoms with Gasteiger partial charge in [-0.05, 0) is 59.6 Å². The summed E-state index contributed by atoms with van der Waals surface area (Å²) in [7, 11) is -0.774. The minimum Gasteiger partial charge on any atom is -0.341 e. The number of rotatable bonds is 7. The standard InChI is InChI=1S/C39H38NOP/c1-29-26-27-30(28-29)37-39(31-16-6-2-7-17-31,32-18-8-3-9-19-32)41-38(40-37)35-24-14-15-25-36(35)42(33-20-10-4-11-21-33)34-22-12-5-13-23-34/h2-25,29-30,37-38,40H,26-28H2,1H3/t29-,30?,37-,38-/m0/s1. The molecule has 1 saturated carbocycles. The van der Waals surface area contributed by atoms with Crippen molar-refractivity contribution >= 4 is 23.8 Å². The molecule has 1 unspecified atom stereocenters. The second-order valence-corrected chi connectivity index (χ2v) is 14.0. The summed E-state index contributed by atoms with van der Waals surface area (Å²) in [5, 5.41) is 8.19. The van der Waals surface area contributed by atoms with Crippen LogP contribution in [0.25, 0.3) is 0 Å². The van der Waals surface area contributed by atoms with Gasteiger partial charge in [-0.25, -0.2) is 0 Å². The van der Waals surface area contributed by atoms with Crippen LogP contribution in [0.1, 0.15) is 49.1 Å². The molecule has 0 amide bonds. The van der Waals surface area contributed by atoms with Crippen molar-refractivity contribution in [2.24, 2.45) is 11.8 Å². The van der Waals surface area contributed by atoms with Gasteiger partial charge in [0.1, 0.15) is 11.8 Å². The molecule has 4 atom stereocenters. The third-order valence-electron chi connectivity index (χ3n) is 9.17. The van der Waals surface area contributed by atoms with Crippen molar-refractivity contribution < 1.29 is 4.74 Å². The normalized spacial score (nSPS) is 23.3. The fourth-order valence-electron chi connectivity index (χ4n) is 7.28. The molecular formula is C39H38NOP. The number of nitrogens with one attached hydrogen (secondary N) is 1. The van der Waals surface area contributed by atoms with Gasteiger partial charge in [-0.3, -0.25) is 5.32 Å². The lowest BCUT2D eigenvalue weighted by Crippen LogP contribution is -2.46. The molecule has 1 aliphatic heterocycles. The zero-order chi connectivity index (χ0) is 28.4. The highest BCUT2D eigenvalue weighted by atomic mass is 31.1. The number of ether oxygens (including phenoxy) is 1. The molecule has 5 aromatic carbocycles. The molecule has 7 rings (SSSR count). The molecule has 0 spiro atoms. The smallest absolute Gasteiger partial charge is 0.137 e. The zero-order valence-corrected chi connectivity index (χ0v) is 25.0. The molecular weight excluding hydrogens is 529 g/mol. The van der Waals surface area contributed by atoms with Crippen molar-refractivity contribution in [1.82, 2.24) is 5.32 Å². The summed E-state index contributed by atoms with van der Waals surface area (Å²) in [5.41, 5.74) is 3.10. The Morgan fingerprint density at radius 3 is 1.64 bits per heavy atom. The molecule has 1 heterocycles. The fraction of sp³-hybridized carbons (Fsp3) is 0.231. The van der Waals surface area contributed by atoms with Crippen LogP contribution in [0, 0.1) is 11.8 Å². The molecule has 42 heavy (non-hydrogen) atoms. The summed E-state index contributed by atoms with van der Waals surface area (Å²) in [6.07, 6.45) is 3.48. The maximum absolute atomic E-state index is 7.53. The Morgan fingerprint density at radius 1 is 0.619 bits per heavy atom. The zero-order valence-electron chi connectivity index (χ0n) is 24.1. The van der Waals surface area contributed by atoms with Gasteiger partial charge in [-0.1, -0.05) is 159 Å². The first-order chi connectivity index (χ1) is 20.7. The first kappa shape index (κ1) is 27.3. The van der Waals surface area contributed by atoms with Crippen molar-refractivity contribution in [3.8, 4) is 0 Å². The molecule has 2 aliphatic rings. The van der Waals surface area contributed by atoms with Gasteiger partial charge in [-0.15, -0.1) is 0 Å². The summed E-state index contributed by atoms with van der Waals surface area (Å²) in [6.45, 7) is 2.40. The molecule has 2 nitrogen and oxygen atoms in total. The summed E-state index contributed by atoms with van der Waals surface area (Å²) in [6, 6.07) is 53.0. The Bertz CT molecular complexity index is 1510. The van der Waals surface area contributed by atoms with Crippen molar-refractivity contribution in [3.05, 3.63) is 162 Å². The van der Waals surface area contributed by atoms with E-state index >= 15 is 0 Å². The minimum absolute atomic E-state index is 0.157. The van der Waals surface area contributed by atoms with Gasteiger partial charge in [0.25, 0.3) is 0 Å². The lowest BCUT2D eigenvalue weighted by molar-refractivity contribution is -0.0307. The van der Waals surface area contributed by atoms with Crippen LogP contribution in [-0.4, -0.2) is 6.04 Å². The predicted molar refractivity (Wildman–Crippen MR) is 176 cm³/mol. The predicted octanol–water partition coefficient (Wildman–Crippen LogP) is 7.81. The topological polar surface area (TPSA) is 21.3 Å². The Balaban J connectivity index is 1.39. The van der Waals surface area contributed by atoms with Gasteiger partial charge in [0.15, 0.2) is 0 Å².